The Morgan fingerprint density at radius 1 is 1.22 bits per heavy atom. The lowest BCUT2D eigenvalue weighted by Crippen LogP contribution is -2.08. The highest BCUT2D eigenvalue weighted by molar-refractivity contribution is 5.38. The molecule has 1 heterocycles. The number of hydrogen-bond acceptors (Lipinski definition) is 3. The Morgan fingerprint density at radius 3 is 2.50 bits per heavy atom. The highest BCUT2D eigenvalue weighted by atomic mass is 19.1. The van der Waals surface area contributed by atoms with Gasteiger partial charge in [0.05, 0.1) is 6.20 Å². The third kappa shape index (κ3) is 3.05. The van der Waals surface area contributed by atoms with Gasteiger partial charge in [-0.25, -0.2) is 9.37 Å². The number of hydrogen-bond donors (Lipinski definition) is 2. The van der Waals surface area contributed by atoms with Crippen LogP contribution in [0.4, 0.5) is 10.2 Å². The quantitative estimate of drug-likeness (QED) is 0.870. The van der Waals surface area contributed by atoms with Crippen molar-refractivity contribution in [1.82, 2.24) is 4.98 Å². The fraction of sp³-hybridized carbons (Fsp3) is 0.214. The summed E-state index contributed by atoms with van der Waals surface area (Å²) in [6.45, 7) is 2.57. The van der Waals surface area contributed by atoms with Gasteiger partial charge in [-0.05, 0) is 30.2 Å². The van der Waals surface area contributed by atoms with E-state index in [1.54, 1.807) is 6.07 Å². The third-order valence-electron chi connectivity index (χ3n) is 2.81. The number of pyridine rings is 1. The molecule has 2 rings (SSSR count). The molecule has 0 aliphatic carbocycles. The Labute approximate surface area is 106 Å². The van der Waals surface area contributed by atoms with Gasteiger partial charge in [0.25, 0.3) is 0 Å². The smallest absolute Gasteiger partial charge is 0.141 e. The number of anilines is 1. The van der Waals surface area contributed by atoms with Crippen LogP contribution in [0.3, 0.4) is 0 Å². The van der Waals surface area contributed by atoms with E-state index in [-0.39, 0.29) is 11.9 Å². The van der Waals surface area contributed by atoms with Gasteiger partial charge < -0.3 is 11.1 Å². The van der Waals surface area contributed by atoms with Crippen LogP contribution in [-0.4, -0.2) is 4.98 Å². The van der Waals surface area contributed by atoms with Crippen LogP contribution in [0.25, 0.3) is 0 Å². The molecule has 0 saturated heterocycles. The second kappa shape index (κ2) is 5.60. The fourth-order valence-corrected chi connectivity index (χ4v) is 1.71. The summed E-state index contributed by atoms with van der Waals surface area (Å²) in [6, 6.07) is 11.2. The van der Waals surface area contributed by atoms with Crippen molar-refractivity contribution in [2.45, 2.75) is 19.5 Å². The number of halogens is 1. The van der Waals surface area contributed by atoms with E-state index < -0.39 is 0 Å². The molecule has 0 fully saturated rings. The summed E-state index contributed by atoms with van der Waals surface area (Å²) in [7, 11) is 0. The van der Waals surface area contributed by atoms with E-state index in [1.807, 2.05) is 31.2 Å². The average molecular weight is 245 g/mol. The Kier molecular flexibility index (Phi) is 3.89. The molecule has 18 heavy (non-hydrogen) atoms. The predicted molar refractivity (Wildman–Crippen MR) is 70.6 cm³/mol. The van der Waals surface area contributed by atoms with E-state index in [0.717, 1.165) is 11.1 Å². The lowest BCUT2D eigenvalue weighted by Gasteiger charge is -2.15. The summed E-state index contributed by atoms with van der Waals surface area (Å²) in [6.07, 6.45) is 1.20. The highest BCUT2D eigenvalue weighted by Crippen LogP contribution is 2.18. The zero-order chi connectivity index (χ0) is 13.0. The van der Waals surface area contributed by atoms with Gasteiger partial charge in [-0.2, -0.15) is 0 Å². The summed E-state index contributed by atoms with van der Waals surface area (Å²) < 4.78 is 12.7. The van der Waals surface area contributed by atoms with E-state index in [2.05, 4.69) is 10.3 Å². The van der Waals surface area contributed by atoms with Crippen LogP contribution in [0.1, 0.15) is 24.1 Å². The number of benzene rings is 1. The van der Waals surface area contributed by atoms with Gasteiger partial charge in [-0.1, -0.05) is 24.3 Å². The first-order chi connectivity index (χ1) is 8.69. The molecule has 0 amide bonds. The van der Waals surface area contributed by atoms with Crippen LogP contribution in [0.5, 0.6) is 0 Å². The lowest BCUT2D eigenvalue weighted by atomic mass is 10.1. The number of nitrogens with zero attached hydrogens (tertiary/aromatic N) is 1. The van der Waals surface area contributed by atoms with Crippen LogP contribution in [0.15, 0.2) is 42.6 Å². The molecule has 1 aromatic heterocycles. The van der Waals surface area contributed by atoms with Crippen LogP contribution in [-0.2, 0) is 6.54 Å². The van der Waals surface area contributed by atoms with Crippen molar-refractivity contribution in [2.75, 3.05) is 5.32 Å². The van der Waals surface area contributed by atoms with Crippen LogP contribution < -0.4 is 11.1 Å². The SMILES string of the molecule is CC(Nc1ccc(F)cn1)c1ccc(CN)cc1. The van der Waals surface area contributed by atoms with Gasteiger partial charge in [0.2, 0.25) is 0 Å². The second-order valence-corrected chi connectivity index (χ2v) is 4.17. The molecular formula is C14H16FN3. The number of aromatic nitrogens is 1. The first-order valence-electron chi connectivity index (χ1n) is 5.86. The molecule has 3 N–H and O–H groups in total. The Bertz CT molecular complexity index is 493. The first-order valence-corrected chi connectivity index (χ1v) is 5.86. The molecule has 94 valence electrons. The van der Waals surface area contributed by atoms with Crippen LogP contribution >= 0.6 is 0 Å². The largest absolute Gasteiger partial charge is 0.364 e. The molecule has 0 spiro atoms. The Hall–Kier alpha value is -1.94. The molecular weight excluding hydrogens is 229 g/mol. The molecule has 1 atom stereocenters. The van der Waals surface area contributed by atoms with Crippen molar-refractivity contribution >= 4 is 5.82 Å². The minimum Gasteiger partial charge on any atom is -0.364 e. The van der Waals surface area contributed by atoms with Gasteiger partial charge in [0.15, 0.2) is 0 Å². The van der Waals surface area contributed by atoms with Crippen molar-refractivity contribution in [2.24, 2.45) is 5.73 Å². The molecule has 0 saturated carbocycles. The summed E-state index contributed by atoms with van der Waals surface area (Å²) in [5.74, 6) is 0.326. The lowest BCUT2D eigenvalue weighted by molar-refractivity contribution is 0.621. The maximum Gasteiger partial charge on any atom is 0.141 e. The van der Waals surface area contributed by atoms with Gasteiger partial charge in [0.1, 0.15) is 11.6 Å². The van der Waals surface area contributed by atoms with Crippen molar-refractivity contribution < 1.29 is 4.39 Å². The topological polar surface area (TPSA) is 50.9 Å². The monoisotopic (exact) mass is 245 g/mol. The standard InChI is InChI=1S/C14H16FN3/c1-10(12-4-2-11(8-16)3-5-12)18-14-7-6-13(15)9-17-14/h2-7,9-10H,8,16H2,1H3,(H,17,18). The van der Waals surface area contributed by atoms with E-state index >= 15 is 0 Å². The van der Waals surface area contributed by atoms with E-state index in [1.165, 1.54) is 12.3 Å². The molecule has 1 unspecified atom stereocenters. The maximum absolute atomic E-state index is 12.7. The average Bonchev–Trinajstić information content (AvgIpc) is 2.41. The van der Waals surface area contributed by atoms with Crippen molar-refractivity contribution in [3.05, 3.63) is 59.5 Å². The second-order valence-electron chi connectivity index (χ2n) is 4.17. The molecule has 3 nitrogen and oxygen atoms in total. The molecule has 4 heteroatoms. The maximum atomic E-state index is 12.7. The number of rotatable bonds is 4. The fourth-order valence-electron chi connectivity index (χ4n) is 1.71. The number of nitrogens with two attached hydrogens (primary N) is 1. The van der Waals surface area contributed by atoms with Crippen molar-refractivity contribution in [3.63, 3.8) is 0 Å². The Morgan fingerprint density at radius 2 is 1.94 bits per heavy atom. The number of nitrogens with one attached hydrogen (secondary N) is 1. The summed E-state index contributed by atoms with van der Waals surface area (Å²) in [4.78, 5) is 3.97. The van der Waals surface area contributed by atoms with Crippen LogP contribution in [0.2, 0.25) is 0 Å². The van der Waals surface area contributed by atoms with Gasteiger partial charge in [-0.15, -0.1) is 0 Å². The van der Waals surface area contributed by atoms with Gasteiger partial charge >= 0.3 is 0 Å². The van der Waals surface area contributed by atoms with Gasteiger partial charge in [0, 0.05) is 12.6 Å². The highest BCUT2D eigenvalue weighted by Gasteiger charge is 2.05. The van der Waals surface area contributed by atoms with E-state index in [4.69, 9.17) is 5.73 Å². The van der Waals surface area contributed by atoms with Crippen molar-refractivity contribution in [3.8, 4) is 0 Å². The molecule has 1 aromatic carbocycles. The van der Waals surface area contributed by atoms with Crippen LogP contribution in [0, 0.1) is 5.82 Å². The predicted octanol–water partition coefficient (Wildman–Crippen LogP) is 2.85. The zero-order valence-electron chi connectivity index (χ0n) is 10.2. The van der Waals surface area contributed by atoms with Gasteiger partial charge in [-0.3, -0.25) is 0 Å². The molecule has 0 aliphatic rings. The summed E-state index contributed by atoms with van der Waals surface area (Å²) >= 11 is 0. The summed E-state index contributed by atoms with van der Waals surface area (Å²) in [5.41, 5.74) is 7.79. The van der Waals surface area contributed by atoms with E-state index in [0.29, 0.717) is 12.4 Å². The molecule has 0 aliphatic heterocycles. The normalized spacial score (nSPS) is 12.2. The Balaban J connectivity index is 2.06. The first kappa shape index (κ1) is 12.5. The molecule has 0 radical (unpaired) electrons. The molecule has 0 bridgehead atoms. The molecule has 2 aromatic rings. The zero-order valence-corrected chi connectivity index (χ0v) is 10.2. The van der Waals surface area contributed by atoms with Crippen molar-refractivity contribution in [1.29, 1.82) is 0 Å². The minimum absolute atomic E-state index is 0.106. The summed E-state index contributed by atoms with van der Waals surface area (Å²) in [5, 5.41) is 3.21. The third-order valence-corrected chi connectivity index (χ3v) is 2.81. The van der Waals surface area contributed by atoms with E-state index in [9.17, 15) is 4.39 Å². The minimum atomic E-state index is -0.333.